The summed E-state index contributed by atoms with van der Waals surface area (Å²) in [4.78, 5) is 2.66. The molecule has 2 N–H and O–H groups in total. The van der Waals surface area contributed by atoms with Crippen LogP contribution in [-0.4, -0.2) is 29.6 Å². The maximum absolute atomic E-state index is 6.16. The molecule has 0 spiro atoms. The first kappa shape index (κ1) is 15.8. The molecule has 0 amide bonds. The lowest BCUT2D eigenvalue weighted by molar-refractivity contribution is 0.0316. The number of rotatable bonds is 5. The van der Waals surface area contributed by atoms with E-state index >= 15 is 0 Å². The molecule has 1 aliphatic heterocycles. The number of nitrogens with zero attached hydrogens (tertiary/aromatic N) is 1. The van der Waals surface area contributed by atoms with Crippen molar-refractivity contribution in [2.45, 2.75) is 57.5 Å². The van der Waals surface area contributed by atoms with Crippen LogP contribution in [0.25, 0.3) is 0 Å². The van der Waals surface area contributed by atoms with Crippen molar-refractivity contribution >= 4 is 11.6 Å². The summed E-state index contributed by atoms with van der Waals surface area (Å²) in [6, 6.07) is 8.88. The Bertz CT molecular complexity index is 418. The van der Waals surface area contributed by atoms with E-state index in [4.69, 9.17) is 17.3 Å². The lowest BCUT2D eigenvalue weighted by atomic mass is 9.86. The molecule has 2 rings (SSSR count). The smallest absolute Gasteiger partial charge is 0.0406 e. The number of hydrogen-bond donors (Lipinski definition) is 1. The van der Waals surface area contributed by atoms with E-state index in [1.54, 1.807) is 0 Å². The molecule has 1 aromatic rings. The standard InChI is InChI=1S/C17H27ClN2/c1-3-16-6-4-5-11-20(16)17(2,13-19)12-14-7-9-15(18)10-8-14/h7-10,16H,3-6,11-13,19H2,1-2H3. The van der Waals surface area contributed by atoms with Crippen molar-refractivity contribution < 1.29 is 0 Å². The molecule has 0 aliphatic carbocycles. The predicted octanol–water partition coefficient (Wildman–Crippen LogP) is 3.86. The molecule has 0 bridgehead atoms. The molecule has 1 saturated heterocycles. The second-order valence-corrected chi connectivity index (χ2v) is 6.69. The van der Waals surface area contributed by atoms with Gasteiger partial charge in [-0.15, -0.1) is 0 Å². The third kappa shape index (κ3) is 3.55. The Kier molecular flexibility index (Phi) is 5.48. The van der Waals surface area contributed by atoms with Crippen molar-refractivity contribution in [1.29, 1.82) is 0 Å². The van der Waals surface area contributed by atoms with Gasteiger partial charge in [0.1, 0.15) is 0 Å². The van der Waals surface area contributed by atoms with Gasteiger partial charge in [0.05, 0.1) is 0 Å². The van der Waals surface area contributed by atoms with E-state index in [1.165, 1.54) is 37.8 Å². The molecular weight excluding hydrogens is 268 g/mol. The van der Waals surface area contributed by atoms with Gasteiger partial charge in [-0.2, -0.15) is 0 Å². The number of nitrogens with two attached hydrogens (primary N) is 1. The van der Waals surface area contributed by atoms with Gasteiger partial charge in [-0.3, -0.25) is 4.90 Å². The minimum Gasteiger partial charge on any atom is -0.329 e. The first-order valence-electron chi connectivity index (χ1n) is 7.80. The first-order chi connectivity index (χ1) is 9.59. The molecule has 20 heavy (non-hydrogen) atoms. The normalized spacial score (nSPS) is 23.5. The fourth-order valence-corrected chi connectivity index (χ4v) is 3.59. The van der Waals surface area contributed by atoms with Crippen molar-refractivity contribution in [3.05, 3.63) is 34.9 Å². The van der Waals surface area contributed by atoms with Gasteiger partial charge in [0, 0.05) is 23.1 Å². The second-order valence-electron chi connectivity index (χ2n) is 6.26. The van der Waals surface area contributed by atoms with Gasteiger partial charge in [-0.25, -0.2) is 0 Å². The third-order valence-corrected chi connectivity index (χ3v) is 4.98. The molecule has 1 fully saturated rings. The zero-order chi connectivity index (χ0) is 14.6. The van der Waals surface area contributed by atoms with Gasteiger partial charge in [0.2, 0.25) is 0 Å². The Labute approximate surface area is 128 Å². The topological polar surface area (TPSA) is 29.3 Å². The molecule has 112 valence electrons. The van der Waals surface area contributed by atoms with Crippen LogP contribution in [-0.2, 0) is 6.42 Å². The van der Waals surface area contributed by atoms with Gasteiger partial charge < -0.3 is 5.73 Å². The second kappa shape index (κ2) is 6.93. The number of likely N-dealkylation sites (tertiary alicyclic amines) is 1. The molecule has 0 aromatic heterocycles. The highest BCUT2D eigenvalue weighted by molar-refractivity contribution is 6.30. The first-order valence-corrected chi connectivity index (χ1v) is 8.18. The molecule has 0 saturated carbocycles. The van der Waals surface area contributed by atoms with Gasteiger partial charge in [0.25, 0.3) is 0 Å². The molecule has 2 atom stereocenters. The minimum atomic E-state index is 0.0505. The van der Waals surface area contributed by atoms with E-state index in [9.17, 15) is 0 Å². The average Bonchev–Trinajstić information content (AvgIpc) is 2.49. The highest BCUT2D eigenvalue weighted by atomic mass is 35.5. The summed E-state index contributed by atoms with van der Waals surface area (Å²) in [6.45, 7) is 6.49. The summed E-state index contributed by atoms with van der Waals surface area (Å²) < 4.78 is 0. The van der Waals surface area contributed by atoms with Gasteiger partial charge >= 0.3 is 0 Å². The number of benzene rings is 1. The minimum absolute atomic E-state index is 0.0505. The van der Waals surface area contributed by atoms with Crippen LogP contribution < -0.4 is 5.73 Å². The van der Waals surface area contributed by atoms with Crippen LogP contribution in [0, 0.1) is 0 Å². The van der Waals surface area contributed by atoms with Crippen molar-refractivity contribution in [3.63, 3.8) is 0 Å². The van der Waals surface area contributed by atoms with E-state index < -0.39 is 0 Å². The highest BCUT2D eigenvalue weighted by Gasteiger charge is 2.36. The zero-order valence-electron chi connectivity index (χ0n) is 12.7. The average molecular weight is 295 g/mol. The Morgan fingerprint density at radius 3 is 2.60 bits per heavy atom. The molecule has 1 aromatic carbocycles. The van der Waals surface area contributed by atoms with E-state index in [1.807, 2.05) is 12.1 Å². The molecule has 1 heterocycles. The molecule has 2 nitrogen and oxygen atoms in total. The Morgan fingerprint density at radius 2 is 2.00 bits per heavy atom. The highest BCUT2D eigenvalue weighted by Crippen LogP contribution is 2.30. The fraction of sp³-hybridized carbons (Fsp3) is 0.647. The van der Waals surface area contributed by atoms with E-state index in [0.29, 0.717) is 12.6 Å². The lowest BCUT2D eigenvalue weighted by Gasteiger charge is -2.48. The number of hydrogen-bond acceptors (Lipinski definition) is 2. The van der Waals surface area contributed by atoms with Crippen LogP contribution >= 0.6 is 11.6 Å². The number of piperidine rings is 1. The van der Waals surface area contributed by atoms with Crippen LogP contribution in [0.2, 0.25) is 5.02 Å². The van der Waals surface area contributed by atoms with Crippen LogP contribution in [0.1, 0.15) is 45.1 Å². The summed E-state index contributed by atoms with van der Waals surface area (Å²) in [6.07, 6.45) is 6.18. The summed E-state index contributed by atoms with van der Waals surface area (Å²) in [7, 11) is 0. The fourth-order valence-electron chi connectivity index (χ4n) is 3.47. The van der Waals surface area contributed by atoms with Gasteiger partial charge in [-0.05, 0) is 56.8 Å². The summed E-state index contributed by atoms with van der Waals surface area (Å²) >= 11 is 5.98. The van der Waals surface area contributed by atoms with Crippen molar-refractivity contribution in [1.82, 2.24) is 4.90 Å². The van der Waals surface area contributed by atoms with Gasteiger partial charge in [0.15, 0.2) is 0 Å². The zero-order valence-corrected chi connectivity index (χ0v) is 13.5. The van der Waals surface area contributed by atoms with E-state index in [0.717, 1.165) is 11.4 Å². The van der Waals surface area contributed by atoms with Crippen LogP contribution in [0.15, 0.2) is 24.3 Å². The van der Waals surface area contributed by atoms with Crippen LogP contribution in [0.5, 0.6) is 0 Å². The SMILES string of the molecule is CCC1CCCCN1C(C)(CN)Cc1ccc(Cl)cc1. The van der Waals surface area contributed by atoms with E-state index in [2.05, 4.69) is 30.9 Å². The molecule has 1 aliphatic rings. The van der Waals surface area contributed by atoms with Crippen molar-refractivity contribution in [2.24, 2.45) is 5.73 Å². The van der Waals surface area contributed by atoms with Crippen molar-refractivity contribution in [3.8, 4) is 0 Å². The number of halogens is 1. The summed E-state index contributed by atoms with van der Waals surface area (Å²) in [5, 5.41) is 0.799. The maximum atomic E-state index is 6.16. The third-order valence-electron chi connectivity index (χ3n) is 4.73. The maximum Gasteiger partial charge on any atom is 0.0406 e. The van der Waals surface area contributed by atoms with Gasteiger partial charge in [-0.1, -0.05) is 37.1 Å². The molecular formula is C17H27ClN2. The Hall–Kier alpha value is -0.570. The summed E-state index contributed by atoms with van der Waals surface area (Å²) in [5.41, 5.74) is 7.54. The van der Waals surface area contributed by atoms with Crippen LogP contribution in [0.3, 0.4) is 0 Å². The lowest BCUT2D eigenvalue weighted by Crippen LogP contribution is -2.58. The molecule has 0 radical (unpaired) electrons. The monoisotopic (exact) mass is 294 g/mol. The van der Waals surface area contributed by atoms with E-state index in [-0.39, 0.29) is 5.54 Å². The quantitative estimate of drug-likeness (QED) is 0.893. The predicted molar refractivity (Wildman–Crippen MR) is 87.3 cm³/mol. The molecule has 2 unspecified atom stereocenters. The van der Waals surface area contributed by atoms with Crippen LogP contribution in [0.4, 0.5) is 0 Å². The Morgan fingerprint density at radius 1 is 1.30 bits per heavy atom. The largest absolute Gasteiger partial charge is 0.329 e. The Balaban J connectivity index is 2.16. The molecule has 3 heteroatoms. The summed E-state index contributed by atoms with van der Waals surface area (Å²) in [5.74, 6) is 0. The van der Waals surface area contributed by atoms with Crippen molar-refractivity contribution in [2.75, 3.05) is 13.1 Å².